The van der Waals surface area contributed by atoms with Crippen molar-refractivity contribution in [2.45, 2.75) is 32.8 Å². The van der Waals surface area contributed by atoms with Crippen molar-refractivity contribution in [2.24, 2.45) is 5.92 Å². The van der Waals surface area contributed by atoms with Gasteiger partial charge >= 0.3 is 0 Å². The molecule has 3 N–H and O–H groups in total. The van der Waals surface area contributed by atoms with Crippen LogP contribution in [0.5, 0.6) is 5.75 Å². The summed E-state index contributed by atoms with van der Waals surface area (Å²) in [5.74, 6) is 0.548. The molecule has 0 aliphatic carbocycles. The molecule has 0 aromatic heterocycles. The molecule has 0 saturated carbocycles. The fourth-order valence-corrected chi connectivity index (χ4v) is 3.36. The van der Waals surface area contributed by atoms with Gasteiger partial charge < -0.3 is 20.1 Å². The smallest absolute Gasteiger partial charge is 0.257 e. The fourth-order valence-electron chi connectivity index (χ4n) is 3.15. The normalized spacial score (nSPS) is 15.3. The van der Waals surface area contributed by atoms with E-state index in [0.717, 1.165) is 19.4 Å². The first kappa shape index (κ1) is 23.7. The van der Waals surface area contributed by atoms with E-state index in [4.69, 9.17) is 21.7 Å². The Balaban J connectivity index is 1.48. The van der Waals surface area contributed by atoms with Gasteiger partial charge in [-0.2, -0.15) is 0 Å². The van der Waals surface area contributed by atoms with Crippen LogP contribution < -0.4 is 20.7 Å². The number of rotatable bonds is 8. The molecule has 0 radical (unpaired) electrons. The van der Waals surface area contributed by atoms with Crippen molar-refractivity contribution in [3.63, 3.8) is 0 Å². The molecule has 1 fully saturated rings. The highest BCUT2D eigenvalue weighted by molar-refractivity contribution is 7.80. The van der Waals surface area contributed by atoms with Crippen LogP contribution in [0.15, 0.2) is 48.5 Å². The summed E-state index contributed by atoms with van der Waals surface area (Å²) in [5.41, 5.74) is 1.66. The number of anilines is 1. The van der Waals surface area contributed by atoms with Crippen molar-refractivity contribution < 1.29 is 19.1 Å². The lowest BCUT2D eigenvalue weighted by atomic mass is 10.2. The average Bonchev–Trinajstić information content (AvgIpc) is 3.30. The maximum absolute atomic E-state index is 12.5. The Bertz CT molecular complexity index is 941. The minimum atomic E-state index is -0.331. The Morgan fingerprint density at radius 3 is 2.59 bits per heavy atom. The van der Waals surface area contributed by atoms with Crippen LogP contribution in [0.1, 0.15) is 47.4 Å². The molecule has 1 aliphatic heterocycles. The predicted octanol–water partition coefficient (Wildman–Crippen LogP) is 3.76. The molecule has 7 nitrogen and oxygen atoms in total. The first-order valence-corrected chi connectivity index (χ1v) is 11.2. The largest absolute Gasteiger partial charge is 0.493 e. The lowest BCUT2D eigenvalue weighted by Crippen LogP contribution is -2.34. The van der Waals surface area contributed by atoms with Crippen molar-refractivity contribution in [2.75, 3.05) is 25.1 Å². The number of benzene rings is 2. The van der Waals surface area contributed by atoms with Gasteiger partial charge in [-0.15, -0.1) is 0 Å². The van der Waals surface area contributed by atoms with Crippen LogP contribution in [-0.2, 0) is 4.74 Å². The van der Waals surface area contributed by atoms with Crippen LogP contribution in [0.4, 0.5) is 5.69 Å². The molecule has 1 unspecified atom stereocenters. The molecule has 2 aromatic rings. The predicted molar refractivity (Wildman–Crippen MR) is 128 cm³/mol. The van der Waals surface area contributed by atoms with Gasteiger partial charge in [-0.25, -0.2) is 0 Å². The Hall–Kier alpha value is -2.97. The topological polar surface area (TPSA) is 88.7 Å². The standard InChI is InChI=1S/C24H29N3O4S/c1-16(2)15-31-20-6-3-5-18(13-20)23(29)27-24(32)26-19-10-8-17(9-11-19)22(28)25-14-21-7-4-12-30-21/h3,5-6,8-11,13,16,21H,4,7,12,14-15H2,1-2H3,(H,25,28)(H2,26,27,29,32). The van der Waals surface area contributed by atoms with Crippen LogP contribution in [0, 0.1) is 5.92 Å². The summed E-state index contributed by atoms with van der Waals surface area (Å²) in [6, 6.07) is 13.8. The van der Waals surface area contributed by atoms with E-state index < -0.39 is 0 Å². The van der Waals surface area contributed by atoms with Crippen LogP contribution in [0.3, 0.4) is 0 Å². The SMILES string of the molecule is CC(C)COc1cccc(C(=O)NC(=S)Nc2ccc(C(=O)NCC3CCCO3)cc2)c1. The third-order valence-electron chi connectivity index (χ3n) is 4.83. The van der Waals surface area contributed by atoms with Crippen molar-refractivity contribution in [3.05, 3.63) is 59.7 Å². The van der Waals surface area contributed by atoms with Crippen LogP contribution >= 0.6 is 12.2 Å². The number of nitrogens with one attached hydrogen (secondary N) is 3. The molecule has 2 aromatic carbocycles. The van der Waals surface area contributed by atoms with Crippen molar-refractivity contribution in [1.82, 2.24) is 10.6 Å². The van der Waals surface area contributed by atoms with Gasteiger partial charge in [-0.1, -0.05) is 19.9 Å². The first-order valence-electron chi connectivity index (χ1n) is 10.8. The highest BCUT2D eigenvalue weighted by Gasteiger charge is 2.16. The molecule has 8 heteroatoms. The molecule has 1 atom stereocenters. The van der Waals surface area contributed by atoms with Gasteiger partial charge in [0.05, 0.1) is 12.7 Å². The van der Waals surface area contributed by atoms with E-state index in [1.807, 2.05) is 6.07 Å². The van der Waals surface area contributed by atoms with Gasteiger partial charge in [0.2, 0.25) is 0 Å². The summed E-state index contributed by atoms with van der Waals surface area (Å²) in [4.78, 5) is 24.8. The summed E-state index contributed by atoms with van der Waals surface area (Å²) in [6.07, 6.45) is 2.11. The lowest BCUT2D eigenvalue weighted by Gasteiger charge is -2.12. The van der Waals surface area contributed by atoms with Gasteiger partial charge in [0, 0.05) is 30.0 Å². The second kappa shape index (κ2) is 11.6. The average molecular weight is 456 g/mol. The zero-order valence-corrected chi connectivity index (χ0v) is 19.2. The maximum Gasteiger partial charge on any atom is 0.257 e. The van der Waals surface area contributed by atoms with Gasteiger partial charge in [-0.05, 0) is 73.4 Å². The Kier molecular flexibility index (Phi) is 8.58. The monoisotopic (exact) mass is 455 g/mol. The van der Waals surface area contributed by atoms with Crippen LogP contribution in [0.2, 0.25) is 0 Å². The summed E-state index contributed by atoms with van der Waals surface area (Å²) >= 11 is 5.25. The Labute approximate surface area is 193 Å². The number of hydrogen-bond acceptors (Lipinski definition) is 5. The number of thiocarbonyl (C=S) groups is 1. The summed E-state index contributed by atoms with van der Waals surface area (Å²) in [7, 11) is 0. The van der Waals surface area contributed by atoms with Crippen LogP contribution in [0.25, 0.3) is 0 Å². The highest BCUT2D eigenvalue weighted by atomic mass is 32.1. The lowest BCUT2D eigenvalue weighted by molar-refractivity contribution is 0.0857. The summed E-state index contributed by atoms with van der Waals surface area (Å²) in [6.45, 7) is 5.97. The van der Waals surface area contributed by atoms with Crippen molar-refractivity contribution >= 4 is 34.8 Å². The Morgan fingerprint density at radius 2 is 1.91 bits per heavy atom. The zero-order valence-electron chi connectivity index (χ0n) is 18.4. The van der Waals surface area contributed by atoms with Crippen molar-refractivity contribution in [3.8, 4) is 5.75 Å². The second-order valence-electron chi connectivity index (χ2n) is 8.06. The van der Waals surface area contributed by atoms with Gasteiger partial charge in [0.15, 0.2) is 5.11 Å². The van der Waals surface area contributed by atoms with E-state index in [1.165, 1.54) is 0 Å². The molecular formula is C24H29N3O4S. The van der Waals surface area contributed by atoms with E-state index in [0.29, 0.717) is 41.6 Å². The molecule has 0 bridgehead atoms. The molecule has 1 saturated heterocycles. The summed E-state index contributed by atoms with van der Waals surface area (Å²) in [5, 5.41) is 8.67. The zero-order chi connectivity index (χ0) is 22.9. The van der Waals surface area contributed by atoms with Gasteiger partial charge in [-0.3, -0.25) is 14.9 Å². The maximum atomic E-state index is 12.5. The fraction of sp³-hybridized carbons (Fsp3) is 0.375. The molecule has 2 amide bonds. The molecule has 0 spiro atoms. The number of carbonyl (C=O) groups excluding carboxylic acids is 2. The molecule has 1 heterocycles. The molecular weight excluding hydrogens is 426 g/mol. The number of hydrogen-bond donors (Lipinski definition) is 3. The van der Waals surface area contributed by atoms with Crippen LogP contribution in [-0.4, -0.2) is 42.8 Å². The number of ether oxygens (including phenoxy) is 2. The van der Waals surface area contributed by atoms with Gasteiger partial charge in [0.25, 0.3) is 11.8 Å². The minimum Gasteiger partial charge on any atom is -0.493 e. The Morgan fingerprint density at radius 1 is 1.12 bits per heavy atom. The molecule has 1 aliphatic rings. The number of carbonyl (C=O) groups is 2. The van der Waals surface area contributed by atoms with E-state index in [2.05, 4.69) is 29.8 Å². The number of amides is 2. The third-order valence-corrected chi connectivity index (χ3v) is 5.03. The van der Waals surface area contributed by atoms with E-state index in [-0.39, 0.29) is 23.0 Å². The van der Waals surface area contributed by atoms with Gasteiger partial charge in [0.1, 0.15) is 5.75 Å². The first-order chi connectivity index (χ1) is 15.4. The highest BCUT2D eigenvalue weighted by Crippen LogP contribution is 2.15. The minimum absolute atomic E-state index is 0.100. The quantitative estimate of drug-likeness (QED) is 0.526. The second-order valence-corrected chi connectivity index (χ2v) is 8.47. The van der Waals surface area contributed by atoms with E-state index >= 15 is 0 Å². The molecule has 3 rings (SSSR count). The third kappa shape index (κ3) is 7.32. The van der Waals surface area contributed by atoms with E-state index in [9.17, 15) is 9.59 Å². The molecule has 32 heavy (non-hydrogen) atoms. The summed E-state index contributed by atoms with van der Waals surface area (Å²) < 4.78 is 11.2. The van der Waals surface area contributed by atoms with Crippen molar-refractivity contribution in [1.29, 1.82) is 0 Å². The van der Waals surface area contributed by atoms with E-state index in [1.54, 1.807) is 42.5 Å². The molecule has 170 valence electrons.